The molecule has 2 aliphatic rings. The topological polar surface area (TPSA) is 37.6 Å². The molecule has 106 valence electrons. The Morgan fingerprint density at radius 1 is 1.30 bits per heavy atom. The van der Waals surface area contributed by atoms with Gasteiger partial charge in [-0.2, -0.15) is 0 Å². The van der Waals surface area contributed by atoms with Crippen molar-refractivity contribution in [2.45, 2.75) is 38.5 Å². The van der Waals surface area contributed by atoms with Gasteiger partial charge in [0.1, 0.15) is 10.7 Å². The lowest BCUT2D eigenvalue weighted by molar-refractivity contribution is -0.133. The van der Waals surface area contributed by atoms with Crippen LogP contribution in [0.5, 0.6) is 0 Å². The summed E-state index contributed by atoms with van der Waals surface area (Å²) in [6.07, 6.45) is 6.42. The first-order valence-electron chi connectivity index (χ1n) is 7.45. The van der Waals surface area contributed by atoms with Crippen molar-refractivity contribution in [3.8, 4) is 0 Å². The predicted molar refractivity (Wildman–Crippen MR) is 79.1 cm³/mol. The molecule has 0 radical (unpaired) electrons. The van der Waals surface area contributed by atoms with Gasteiger partial charge >= 0.3 is 0 Å². The maximum atomic E-state index is 12.1. The molecule has 1 aliphatic carbocycles. The molecule has 4 nitrogen and oxygen atoms in total. The number of rotatable bonds is 2. The van der Waals surface area contributed by atoms with Gasteiger partial charge in [-0.05, 0) is 32.6 Å². The highest BCUT2D eigenvalue weighted by Crippen LogP contribution is 2.36. The van der Waals surface area contributed by atoms with E-state index in [9.17, 15) is 4.79 Å². The van der Waals surface area contributed by atoms with Gasteiger partial charge in [0.2, 0.25) is 5.91 Å². The third-order valence-corrected chi connectivity index (χ3v) is 5.47. The number of fused-ring (bicyclic) bond motifs is 1. The molecule has 4 rings (SSSR count). The lowest BCUT2D eigenvalue weighted by atomic mass is 9.94. The van der Waals surface area contributed by atoms with E-state index in [1.54, 1.807) is 11.3 Å². The Labute approximate surface area is 122 Å². The van der Waals surface area contributed by atoms with Crippen molar-refractivity contribution < 1.29 is 4.79 Å². The summed E-state index contributed by atoms with van der Waals surface area (Å²) in [7, 11) is 0. The molecule has 1 aliphatic heterocycles. The molecule has 3 heterocycles. The zero-order valence-electron chi connectivity index (χ0n) is 11.7. The number of carbonyl (C=O) groups is 1. The summed E-state index contributed by atoms with van der Waals surface area (Å²) in [6.45, 7) is 3.88. The summed E-state index contributed by atoms with van der Waals surface area (Å²) >= 11 is 1.77. The summed E-state index contributed by atoms with van der Waals surface area (Å²) in [5, 5.41) is 2.12. The molecule has 0 bridgehead atoms. The quantitative estimate of drug-likeness (QED) is 0.852. The Morgan fingerprint density at radius 2 is 2.05 bits per heavy atom. The number of likely N-dealkylation sites (tertiary alicyclic amines) is 1. The number of nitrogens with zero attached hydrogens (tertiary/aromatic N) is 3. The fraction of sp³-hybridized carbons (Fsp3) is 0.600. The average Bonchev–Trinajstić information content (AvgIpc) is 3.12. The largest absolute Gasteiger partial charge is 0.342 e. The Balaban J connectivity index is 1.51. The predicted octanol–water partition coefficient (Wildman–Crippen LogP) is 2.82. The second-order valence-electron chi connectivity index (χ2n) is 6.00. The zero-order valence-corrected chi connectivity index (χ0v) is 12.5. The molecule has 2 fully saturated rings. The monoisotopic (exact) mass is 289 g/mol. The van der Waals surface area contributed by atoms with Crippen LogP contribution in [-0.4, -0.2) is 33.3 Å². The number of amides is 1. The average molecular weight is 289 g/mol. The molecule has 1 amide bonds. The molecule has 0 N–H and O–H groups in total. The minimum absolute atomic E-state index is 0.352. The summed E-state index contributed by atoms with van der Waals surface area (Å²) in [5.74, 6) is 2.34. The molecule has 2 aromatic rings. The van der Waals surface area contributed by atoms with Crippen molar-refractivity contribution in [3.05, 3.63) is 23.1 Å². The van der Waals surface area contributed by atoms with E-state index in [1.807, 2.05) is 0 Å². The van der Waals surface area contributed by atoms with E-state index < -0.39 is 0 Å². The molecule has 1 saturated heterocycles. The van der Waals surface area contributed by atoms with Crippen molar-refractivity contribution in [1.29, 1.82) is 0 Å². The smallest absolute Gasteiger partial charge is 0.225 e. The van der Waals surface area contributed by atoms with Crippen molar-refractivity contribution in [2.75, 3.05) is 13.1 Å². The van der Waals surface area contributed by atoms with Crippen LogP contribution in [0.2, 0.25) is 0 Å². The van der Waals surface area contributed by atoms with Crippen LogP contribution in [0.3, 0.4) is 0 Å². The lowest BCUT2D eigenvalue weighted by Gasteiger charge is -2.31. The third kappa shape index (κ3) is 1.95. The molecule has 20 heavy (non-hydrogen) atoms. The summed E-state index contributed by atoms with van der Waals surface area (Å²) in [5.41, 5.74) is 1.25. The normalized spacial score (nSPS) is 20.8. The van der Waals surface area contributed by atoms with Crippen molar-refractivity contribution in [3.63, 3.8) is 0 Å². The highest BCUT2D eigenvalue weighted by atomic mass is 32.1. The maximum absolute atomic E-state index is 12.1. The molecule has 2 aromatic heterocycles. The van der Waals surface area contributed by atoms with Crippen LogP contribution < -0.4 is 0 Å². The molecule has 1 saturated carbocycles. The van der Waals surface area contributed by atoms with Crippen LogP contribution in [0.25, 0.3) is 4.83 Å². The van der Waals surface area contributed by atoms with Gasteiger partial charge in [0.15, 0.2) is 0 Å². The van der Waals surface area contributed by atoms with E-state index in [0.717, 1.165) is 44.6 Å². The fourth-order valence-corrected chi connectivity index (χ4v) is 4.17. The number of aryl methyl sites for hydroxylation is 1. The second-order valence-corrected chi connectivity index (χ2v) is 6.89. The number of piperidine rings is 1. The number of aromatic nitrogens is 2. The van der Waals surface area contributed by atoms with Crippen molar-refractivity contribution >= 4 is 22.1 Å². The first-order chi connectivity index (χ1) is 9.74. The van der Waals surface area contributed by atoms with Crippen LogP contribution in [0.15, 0.2) is 11.6 Å². The van der Waals surface area contributed by atoms with Crippen LogP contribution in [0.1, 0.15) is 43.1 Å². The molecule has 5 heteroatoms. The highest BCUT2D eigenvalue weighted by molar-refractivity contribution is 7.15. The van der Waals surface area contributed by atoms with Gasteiger partial charge in [-0.1, -0.05) is 0 Å². The van der Waals surface area contributed by atoms with Crippen LogP contribution in [0, 0.1) is 12.8 Å². The van der Waals surface area contributed by atoms with Gasteiger partial charge in [-0.25, -0.2) is 4.98 Å². The van der Waals surface area contributed by atoms with Crippen LogP contribution >= 0.6 is 11.3 Å². The summed E-state index contributed by atoms with van der Waals surface area (Å²) < 4.78 is 2.18. The third-order valence-electron chi connectivity index (χ3n) is 4.58. The van der Waals surface area contributed by atoms with Crippen LogP contribution in [-0.2, 0) is 4.79 Å². The second kappa shape index (κ2) is 4.58. The maximum Gasteiger partial charge on any atom is 0.225 e. The SMILES string of the molecule is Cc1nc(C2CCN(C(=O)C3CC3)CC2)c2sccn12. The van der Waals surface area contributed by atoms with E-state index in [0.29, 0.717) is 17.7 Å². The van der Waals surface area contributed by atoms with E-state index in [1.165, 1.54) is 10.5 Å². The lowest BCUT2D eigenvalue weighted by Crippen LogP contribution is -2.38. The van der Waals surface area contributed by atoms with Gasteiger partial charge in [-0.15, -0.1) is 11.3 Å². The first kappa shape index (κ1) is 12.4. The fourth-order valence-electron chi connectivity index (χ4n) is 3.22. The summed E-state index contributed by atoms with van der Waals surface area (Å²) in [4.78, 5) is 20.2. The van der Waals surface area contributed by atoms with E-state index in [2.05, 4.69) is 27.8 Å². The number of thiazole rings is 1. The minimum atomic E-state index is 0.352. The van der Waals surface area contributed by atoms with E-state index >= 15 is 0 Å². The minimum Gasteiger partial charge on any atom is -0.342 e. The number of hydrogen-bond donors (Lipinski definition) is 0. The molecule has 0 aromatic carbocycles. The molecule has 0 spiro atoms. The van der Waals surface area contributed by atoms with Crippen molar-refractivity contribution in [2.24, 2.45) is 5.92 Å². The Bertz CT molecular complexity index is 647. The molecular weight excluding hydrogens is 270 g/mol. The van der Waals surface area contributed by atoms with Gasteiger partial charge in [0, 0.05) is 36.5 Å². The first-order valence-corrected chi connectivity index (χ1v) is 8.33. The van der Waals surface area contributed by atoms with E-state index in [-0.39, 0.29) is 0 Å². The van der Waals surface area contributed by atoms with Crippen LogP contribution in [0.4, 0.5) is 0 Å². The Kier molecular flexibility index (Phi) is 2.84. The zero-order chi connectivity index (χ0) is 13.7. The Hall–Kier alpha value is -1.36. The highest BCUT2D eigenvalue weighted by Gasteiger charge is 2.35. The molecular formula is C15H19N3OS. The van der Waals surface area contributed by atoms with E-state index in [4.69, 9.17) is 4.98 Å². The summed E-state index contributed by atoms with van der Waals surface area (Å²) in [6, 6.07) is 0. The molecule has 0 atom stereocenters. The van der Waals surface area contributed by atoms with Gasteiger partial charge in [-0.3, -0.25) is 9.20 Å². The van der Waals surface area contributed by atoms with Gasteiger partial charge in [0.25, 0.3) is 0 Å². The standard InChI is InChI=1S/C15H19N3OS/c1-10-16-13(15-18(10)8-9-20-15)11-4-6-17(7-5-11)14(19)12-2-3-12/h8-9,11-12H,2-7H2,1H3. The van der Waals surface area contributed by atoms with Gasteiger partial charge in [0.05, 0.1) is 5.69 Å². The number of carbonyl (C=O) groups excluding carboxylic acids is 1. The Morgan fingerprint density at radius 3 is 2.75 bits per heavy atom. The van der Waals surface area contributed by atoms with Crippen molar-refractivity contribution in [1.82, 2.24) is 14.3 Å². The number of imidazole rings is 1. The van der Waals surface area contributed by atoms with Gasteiger partial charge < -0.3 is 4.90 Å². The molecule has 0 unspecified atom stereocenters. The number of hydrogen-bond acceptors (Lipinski definition) is 3.